The van der Waals surface area contributed by atoms with Crippen LogP contribution in [0.3, 0.4) is 0 Å². The zero-order valence-corrected chi connectivity index (χ0v) is 17.1. The van der Waals surface area contributed by atoms with Gasteiger partial charge < -0.3 is 20.5 Å². The minimum absolute atomic E-state index is 0.0805. The predicted octanol–water partition coefficient (Wildman–Crippen LogP) is 3.11. The van der Waals surface area contributed by atoms with Gasteiger partial charge in [-0.05, 0) is 68.3 Å². The van der Waals surface area contributed by atoms with E-state index in [0.29, 0.717) is 24.5 Å². The second-order valence-electron chi connectivity index (χ2n) is 7.76. The van der Waals surface area contributed by atoms with Gasteiger partial charge >= 0.3 is 0 Å². The smallest absolute Gasteiger partial charge is 0.248 e. The molecule has 0 unspecified atom stereocenters. The first-order valence-electron chi connectivity index (χ1n) is 10.4. The summed E-state index contributed by atoms with van der Waals surface area (Å²) in [5.41, 5.74) is 7.46. The van der Waals surface area contributed by atoms with E-state index in [4.69, 9.17) is 15.2 Å². The third kappa shape index (κ3) is 4.26. The van der Waals surface area contributed by atoms with E-state index in [0.717, 1.165) is 42.9 Å². The fourth-order valence-electron chi connectivity index (χ4n) is 4.11. The Morgan fingerprint density at radius 1 is 1.07 bits per heavy atom. The van der Waals surface area contributed by atoms with Crippen molar-refractivity contribution < 1.29 is 19.1 Å². The summed E-state index contributed by atoms with van der Waals surface area (Å²) in [5, 5.41) is 2.94. The molecule has 0 radical (unpaired) electrons. The molecule has 0 bridgehead atoms. The molecule has 2 aliphatic heterocycles. The summed E-state index contributed by atoms with van der Waals surface area (Å²) in [6.45, 7) is 4.10. The highest BCUT2D eigenvalue weighted by molar-refractivity contribution is 5.96. The Morgan fingerprint density at radius 3 is 2.53 bits per heavy atom. The fraction of sp³-hybridized carbons (Fsp3) is 0.391. The lowest BCUT2D eigenvalue weighted by atomic mass is 10.0. The molecule has 158 valence electrons. The van der Waals surface area contributed by atoms with Crippen molar-refractivity contribution in [3.05, 3.63) is 53.6 Å². The maximum atomic E-state index is 12.9. The minimum atomic E-state index is -0.490. The van der Waals surface area contributed by atoms with Crippen LogP contribution < -0.4 is 20.5 Å². The van der Waals surface area contributed by atoms with Crippen LogP contribution >= 0.6 is 0 Å². The molecule has 1 fully saturated rings. The standard InChI is InChI=1S/C23H27N3O4/c1-15(23(28)25-18-8-5-16(6-9-18)22(24)27)26-11-2-4-19(26)17-7-10-20-21(14-17)30-13-3-12-29-20/h5-10,14-15,19H,2-4,11-13H2,1H3,(H2,24,27)(H,25,28)/t15-,19-/m1/s1. The first-order chi connectivity index (χ1) is 14.5. The largest absolute Gasteiger partial charge is 0.490 e. The van der Waals surface area contributed by atoms with Crippen LogP contribution in [0.25, 0.3) is 0 Å². The Labute approximate surface area is 176 Å². The molecule has 0 aromatic heterocycles. The Balaban J connectivity index is 1.46. The summed E-state index contributed by atoms with van der Waals surface area (Å²) in [7, 11) is 0. The fourth-order valence-corrected chi connectivity index (χ4v) is 4.11. The van der Waals surface area contributed by atoms with Crippen LogP contribution in [0.4, 0.5) is 5.69 Å². The van der Waals surface area contributed by atoms with E-state index >= 15 is 0 Å². The van der Waals surface area contributed by atoms with Gasteiger partial charge in [-0.25, -0.2) is 0 Å². The molecule has 1 saturated heterocycles. The van der Waals surface area contributed by atoms with Gasteiger partial charge in [0.15, 0.2) is 11.5 Å². The van der Waals surface area contributed by atoms with Gasteiger partial charge in [-0.15, -0.1) is 0 Å². The van der Waals surface area contributed by atoms with Crippen molar-refractivity contribution in [1.82, 2.24) is 4.90 Å². The number of nitrogens with zero attached hydrogens (tertiary/aromatic N) is 1. The van der Waals surface area contributed by atoms with Crippen LogP contribution in [0.1, 0.15) is 48.1 Å². The number of nitrogens with one attached hydrogen (secondary N) is 1. The highest BCUT2D eigenvalue weighted by Crippen LogP contribution is 2.38. The van der Waals surface area contributed by atoms with Crippen LogP contribution in [-0.2, 0) is 4.79 Å². The number of carbonyl (C=O) groups excluding carboxylic acids is 2. The van der Waals surface area contributed by atoms with E-state index in [1.54, 1.807) is 24.3 Å². The topological polar surface area (TPSA) is 93.9 Å². The Bertz CT molecular complexity index is 929. The zero-order chi connectivity index (χ0) is 21.1. The number of ether oxygens (including phenoxy) is 2. The maximum absolute atomic E-state index is 12.9. The van der Waals surface area contributed by atoms with Crippen LogP contribution in [0.15, 0.2) is 42.5 Å². The summed E-state index contributed by atoms with van der Waals surface area (Å²) < 4.78 is 11.6. The average molecular weight is 409 g/mol. The lowest BCUT2D eigenvalue weighted by Gasteiger charge is -2.30. The van der Waals surface area contributed by atoms with E-state index in [-0.39, 0.29) is 18.0 Å². The number of anilines is 1. The average Bonchev–Trinajstić information content (AvgIpc) is 3.12. The lowest BCUT2D eigenvalue weighted by molar-refractivity contribution is -0.121. The molecule has 0 saturated carbocycles. The van der Waals surface area contributed by atoms with Crippen molar-refractivity contribution in [3.8, 4) is 11.5 Å². The van der Waals surface area contributed by atoms with Gasteiger partial charge in [-0.3, -0.25) is 14.5 Å². The number of rotatable bonds is 5. The van der Waals surface area contributed by atoms with E-state index in [1.807, 2.05) is 13.0 Å². The number of primary amides is 1. The molecule has 7 nitrogen and oxygen atoms in total. The number of nitrogens with two attached hydrogens (primary N) is 1. The second-order valence-corrected chi connectivity index (χ2v) is 7.76. The van der Waals surface area contributed by atoms with Crippen molar-refractivity contribution in [1.29, 1.82) is 0 Å². The highest BCUT2D eigenvalue weighted by atomic mass is 16.5. The van der Waals surface area contributed by atoms with Gasteiger partial charge in [0.1, 0.15) is 0 Å². The Morgan fingerprint density at radius 2 is 1.80 bits per heavy atom. The van der Waals surface area contributed by atoms with Gasteiger partial charge in [0.2, 0.25) is 11.8 Å². The van der Waals surface area contributed by atoms with Gasteiger partial charge in [-0.1, -0.05) is 6.07 Å². The molecule has 30 heavy (non-hydrogen) atoms. The molecule has 2 amide bonds. The van der Waals surface area contributed by atoms with E-state index in [1.165, 1.54) is 0 Å². The molecule has 2 aliphatic rings. The van der Waals surface area contributed by atoms with Crippen molar-refractivity contribution in [2.75, 3.05) is 25.1 Å². The van der Waals surface area contributed by atoms with E-state index in [9.17, 15) is 9.59 Å². The summed E-state index contributed by atoms with van der Waals surface area (Å²) >= 11 is 0. The van der Waals surface area contributed by atoms with Gasteiger partial charge in [0, 0.05) is 23.7 Å². The van der Waals surface area contributed by atoms with Gasteiger partial charge in [0.25, 0.3) is 0 Å². The number of benzene rings is 2. The van der Waals surface area contributed by atoms with Crippen molar-refractivity contribution in [2.45, 2.75) is 38.3 Å². The minimum Gasteiger partial charge on any atom is -0.490 e. The third-order valence-corrected chi connectivity index (χ3v) is 5.76. The van der Waals surface area contributed by atoms with Crippen LogP contribution in [0.5, 0.6) is 11.5 Å². The van der Waals surface area contributed by atoms with Crippen molar-refractivity contribution in [3.63, 3.8) is 0 Å². The first kappa shape index (κ1) is 20.2. The van der Waals surface area contributed by atoms with E-state index in [2.05, 4.69) is 22.3 Å². The maximum Gasteiger partial charge on any atom is 0.248 e. The number of likely N-dealkylation sites (tertiary alicyclic amines) is 1. The number of amides is 2. The third-order valence-electron chi connectivity index (χ3n) is 5.76. The van der Waals surface area contributed by atoms with E-state index < -0.39 is 5.91 Å². The molecule has 4 rings (SSSR count). The van der Waals surface area contributed by atoms with Crippen LogP contribution in [0, 0.1) is 0 Å². The number of fused-ring (bicyclic) bond motifs is 1. The molecule has 7 heteroatoms. The molecule has 0 spiro atoms. The number of hydrogen-bond donors (Lipinski definition) is 2. The van der Waals surface area contributed by atoms with Gasteiger partial charge in [0.05, 0.1) is 19.3 Å². The monoisotopic (exact) mass is 409 g/mol. The highest BCUT2D eigenvalue weighted by Gasteiger charge is 2.33. The molecule has 2 heterocycles. The summed E-state index contributed by atoms with van der Waals surface area (Å²) in [6.07, 6.45) is 2.89. The molecule has 0 aliphatic carbocycles. The summed E-state index contributed by atoms with van der Waals surface area (Å²) in [5.74, 6) is 0.994. The van der Waals surface area contributed by atoms with Crippen LogP contribution in [0.2, 0.25) is 0 Å². The number of carbonyl (C=O) groups is 2. The SMILES string of the molecule is C[C@H](C(=O)Nc1ccc(C(N)=O)cc1)N1CCC[C@@H]1c1ccc2c(c1)OCCCO2. The molecular weight excluding hydrogens is 382 g/mol. The predicted molar refractivity (Wildman–Crippen MR) is 114 cm³/mol. The number of hydrogen-bond acceptors (Lipinski definition) is 5. The molecule has 3 N–H and O–H groups in total. The van der Waals surface area contributed by atoms with Crippen molar-refractivity contribution in [2.24, 2.45) is 5.73 Å². The quantitative estimate of drug-likeness (QED) is 0.791. The normalized spacial score (nSPS) is 19.7. The molecule has 2 atom stereocenters. The summed E-state index contributed by atoms with van der Waals surface area (Å²) in [4.78, 5) is 26.3. The van der Waals surface area contributed by atoms with Gasteiger partial charge in [-0.2, -0.15) is 0 Å². The Hall–Kier alpha value is -3.06. The summed E-state index contributed by atoms with van der Waals surface area (Å²) in [6, 6.07) is 12.5. The zero-order valence-electron chi connectivity index (χ0n) is 17.1. The van der Waals surface area contributed by atoms with Crippen molar-refractivity contribution >= 4 is 17.5 Å². The first-order valence-corrected chi connectivity index (χ1v) is 10.4. The Kier molecular flexibility index (Phi) is 5.90. The lowest BCUT2D eigenvalue weighted by Crippen LogP contribution is -2.41. The van der Waals surface area contributed by atoms with Crippen LogP contribution in [-0.4, -0.2) is 42.5 Å². The molecule has 2 aromatic carbocycles. The molecule has 2 aromatic rings. The molecular formula is C23H27N3O4. The second kappa shape index (κ2) is 8.75.